The molecular weight excluding hydrogens is 422 g/mol. The van der Waals surface area contributed by atoms with Crippen molar-refractivity contribution >= 4 is 23.5 Å². The zero-order valence-electron chi connectivity index (χ0n) is 18.2. The summed E-state index contributed by atoms with van der Waals surface area (Å²) in [5.74, 6) is -2.84. The summed E-state index contributed by atoms with van der Waals surface area (Å²) in [6.45, 7) is -0.0628. The SMILES string of the molecule is Cn1cc(C(=O)NC(Cc2ccccc2)C(=O)C(=O)NCCC(N)=O)c(-c2ccccc2)n1. The summed E-state index contributed by atoms with van der Waals surface area (Å²) in [6.07, 6.45) is 1.59. The van der Waals surface area contributed by atoms with Gasteiger partial charge in [-0.3, -0.25) is 23.9 Å². The number of primary amides is 1. The predicted molar refractivity (Wildman–Crippen MR) is 122 cm³/mol. The highest BCUT2D eigenvalue weighted by molar-refractivity contribution is 6.38. The average molecular weight is 447 g/mol. The van der Waals surface area contributed by atoms with Gasteiger partial charge in [-0.1, -0.05) is 60.7 Å². The molecule has 3 aromatic rings. The maximum Gasteiger partial charge on any atom is 0.289 e. The Morgan fingerprint density at radius 3 is 2.27 bits per heavy atom. The third-order valence-electron chi connectivity index (χ3n) is 4.91. The number of ketones is 1. The standard InChI is InChI=1S/C24H25N5O4/c1-29-15-18(21(28-29)17-10-6-3-7-11-17)23(32)27-19(14-16-8-4-2-5-9-16)22(31)24(33)26-13-12-20(25)30/h2-11,15,19H,12-14H2,1H3,(H2,25,30)(H,26,33)(H,27,32). The summed E-state index contributed by atoms with van der Waals surface area (Å²) in [4.78, 5) is 49.3. The van der Waals surface area contributed by atoms with Crippen LogP contribution in [0.2, 0.25) is 0 Å². The van der Waals surface area contributed by atoms with E-state index in [2.05, 4.69) is 15.7 Å². The van der Waals surface area contributed by atoms with Crippen molar-refractivity contribution in [3.05, 3.63) is 78.0 Å². The molecule has 0 saturated heterocycles. The van der Waals surface area contributed by atoms with Gasteiger partial charge in [0, 0.05) is 38.2 Å². The number of hydrogen-bond donors (Lipinski definition) is 3. The van der Waals surface area contributed by atoms with Crippen LogP contribution in [-0.4, -0.2) is 45.9 Å². The third kappa shape index (κ3) is 6.36. The van der Waals surface area contributed by atoms with Crippen LogP contribution in [0.15, 0.2) is 66.9 Å². The summed E-state index contributed by atoms with van der Waals surface area (Å²) in [5.41, 5.74) is 7.34. The molecule has 3 rings (SSSR count). The molecule has 1 unspecified atom stereocenters. The van der Waals surface area contributed by atoms with E-state index in [4.69, 9.17) is 5.73 Å². The van der Waals surface area contributed by atoms with Crippen molar-refractivity contribution in [1.82, 2.24) is 20.4 Å². The number of carbonyl (C=O) groups excluding carboxylic acids is 4. The van der Waals surface area contributed by atoms with E-state index >= 15 is 0 Å². The summed E-state index contributed by atoms with van der Waals surface area (Å²) in [6, 6.07) is 17.1. The molecule has 0 aliphatic heterocycles. The van der Waals surface area contributed by atoms with Crippen LogP contribution in [-0.2, 0) is 27.9 Å². The molecule has 2 aromatic carbocycles. The topological polar surface area (TPSA) is 136 Å². The molecule has 0 aliphatic rings. The number of hydrogen-bond acceptors (Lipinski definition) is 5. The van der Waals surface area contributed by atoms with Gasteiger partial charge in [0.25, 0.3) is 11.8 Å². The van der Waals surface area contributed by atoms with E-state index in [9.17, 15) is 19.2 Å². The molecule has 3 amide bonds. The Labute approximate surface area is 191 Å². The number of nitrogens with zero attached hydrogens (tertiary/aromatic N) is 2. The highest BCUT2D eigenvalue weighted by Crippen LogP contribution is 2.21. The molecule has 170 valence electrons. The second-order valence-electron chi connectivity index (χ2n) is 7.48. The summed E-state index contributed by atoms with van der Waals surface area (Å²) in [5, 5.41) is 9.45. The van der Waals surface area contributed by atoms with Crippen molar-refractivity contribution in [2.45, 2.75) is 18.9 Å². The first-order valence-corrected chi connectivity index (χ1v) is 10.4. The molecule has 1 heterocycles. The Balaban J connectivity index is 1.83. The number of amides is 3. The first-order chi connectivity index (χ1) is 15.8. The Hall–Kier alpha value is -4.27. The summed E-state index contributed by atoms with van der Waals surface area (Å²) < 4.78 is 1.52. The number of rotatable bonds is 10. The zero-order chi connectivity index (χ0) is 23.8. The third-order valence-corrected chi connectivity index (χ3v) is 4.91. The summed E-state index contributed by atoms with van der Waals surface area (Å²) >= 11 is 0. The minimum absolute atomic E-state index is 0.0628. The number of nitrogens with two attached hydrogens (primary N) is 1. The molecule has 0 aliphatic carbocycles. The van der Waals surface area contributed by atoms with Gasteiger partial charge in [0.1, 0.15) is 11.7 Å². The fraction of sp³-hybridized carbons (Fsp3) is 0.208. The monoisotopic (exact) mass is 447 g/mol. The van der Waals surface area contributed by atoms with E-state index in [1.807, 2.05) is 36.4 Å². The van der Waals surface area contributed by atoms with E-state index in [0.29, 0.717) is 5.69 Å². The van der Waals surface area contributed by atoms with Crippen molar-refractivity contribution in [2.24, 2.45) is 12.8 Å². The highest BCUT2D eigenvalue weighted by atomic mass is 16.2. The van der Waals surface area contributed by atoms with Gasteiger partial charge in [0.15, 0.2) is 0 Å². The molecule has 33 heavy (non-hydrogen) atoms. The fourth-order valence-electron chi connectivity index (χ4n) is 3.30. The largest absolute Gasteiger partial charge is 0.370 e. The Bertz CT molecular complexity index is 1140. The molecule has 0 saturated carbocycles. The number of carbonyl (C=O) groups is 4. The normalized spacial score (nSPS) is 11.4. The van der Waals surface area contributed by atoms with Crippen LogP contribution in [0.5, 0.6) is 0 Å². The van der Waals surface area contributed by atoms with E-state index in [0.717, 1.165) is 11.1 Å². The zero-order valence-corrected chi connectivity index (χ0v) is 18.2. The lowest BCUT2D eigenvalue weighted by Crippen LogP contribution is -2.49. The number of benzene rings is 2. The van der Waals surface area contributed by atoms with Crippen molar-refractivity contribution in [3.8, 4) is 11.3 Å². The number of aromatic nitrogens is 2. The quantitative estimate of drug-likeness (QED) is 0.398. The van der Waals surface area contributed by atoms with Crippen molar-refractivity contribution in [2.75, 3.05) is 6.54 Å². The van der Waals surface area contributed by atoms with E-state index in [-0.39, 0.29) is 24.9 Å². The van der Waals surface area contributed by atoms with Crippen LogP contribution in [0.25, 0.3) is 11.3 Å². The number of Topliss-reactive ketones (excluding diaryl/α,β-unsaturated/α-hetero) is 1. The van der Waals surface area contributed by atoms with Crippen LogP contribution in [0.4, 0.5) is 0 Å². The van der Waals surface area contributed by atoms with Crippen molar-refractivity contribution in [3.63, 3.8) is 0 Å². The molecule has 0 fully saturated rings. The molecule has 9 heteroatoms. The van der Waals surface area contributed by atoms with Gasteiger partial charge >= 0.3 is 0 Å². The van der Waals surface area contributed by atoms with Crippen molar-refractivity contribution < 1.29 is 19.2 Å². The highest BCUT2D eigenvalue weighted by Gasteiger charge is 2.29. The molecule has 0 bridgehead atoms. The van der Waals surface area contributed by atoms with Gasteiger partial charge in [-0.15, -0.1) is 0 Å². The molecule has 0 spiro atoms. The van der Waals surface area contributed by atoms with Crippen LogP contribution in [0.1, 0.15) is 22.3 Å². The van der Waals surface area contributed by atoms with E-state index in [1.165, 1.54) is 4.68 Å². The smallest absolute Gasteiger partial charge is 0.289 e. The van der Waals surface area contributed by atoms with Gasteiger partial charge in [0.2, 0.25) is 11.7 Å². The Kier molecular flexibility index (Phi) is 7.69. The minimum atomic E-state index is -1.11. The first-order valence-electron chi connectivity index (χ1n) is 10.4. The molecule has 4 N–H and O–H groups in total. The van der Waals surface area contributed by atoms with Gasteiger partial charge in [-0.05, 0) is 5.56 Å². The van der Waals surface area contributed by atoms with Crippen LogP contribution < -0.4 is 16.4 Å². The van der Waals surface area contributed by atoms with Gasteiger partial charge in [-0.25, -0.2) is 0 Å². The lowest BCUT2D eigenvalue weighted by molar-refractivity contribution is -0.139. The maximum atomic E-state index is 13.2. The maximum absolute atomic E-state index is 13.2. The summed E-state index contributed by atoms with van der Waals surface area (Å²) in [7, 11) is 1.70. The van der Waals surface area contributed by atoms with Gasteiger partial charge in [-0.2, -0.15) is 5.10 Å². The van der Waals surface area contributed by atoms with E-state index in [1.54, 1.807) is 37.5 Å². The molecular formula is C24H25N5O4. The number of aryl methyl sites for hydroxylation is 1. The Morgan fingerprint density at radius 1 is 1.00 bits per heavy atom. The second-order valence-corrected chi connectivity index (χ2v) is 7.48. The Morgan fingerprint density at radius 2 is 1.64 bits per heavy atom. The van der Waals surface area contributed by atoms with Gasteiger partial charge < -0.3 is 16.4 Å². The predicted octanol–water partition coefficient (Wildman–Crippen LogP) is 0.989. The lowest BCUT2D eigenvalue weighted by atomic mass is 10.0. The molecule has 9 nitrogen and oxygen atoms in total. The van der Waals surface area contributed by atoms with Crippen LogP contribution >= 0.6 is 0 Å². The fourth-order valence-corrected chi connectivity index (χ4v) is 3.30. The first kappa shape index (κ1) is 23.4. The minimum Gasteiger partial charge on any atom is -0.370 e. The molecule has 1 atom stereocenters. The van der Waals surface area contributed by atoms with Crippen molar-refractivity contribution in [1.29, 1.82) is 0 Å². The van der Waals surface area contributed by atoms with Crippen LogP contribution in [0.3, 0.4) is 0 Å². The average Bonchev–Trinajstić information content (AvgIpc) is 3.21. The number of nitrogens with one attached hydrogen (secondary N) is 2. The van der Waals surface area contributed by atoms with Gasteiger partial charge in [0.05, 0.1) is 5.56 Å². The lowest BCUT2D eigenvalue weighted by Gasteiger charge is -2.17. The van der Waals surface area contributed by atoms with E-state index < -0.39 is 29.5 Å². The molecule has 0 radical (unpaired) electrons. The second kappa shape index (κ2) is 10.9. The van der Waals surface area contributed by atoms with Crippen LogP contribution in [0, 0.1) is 0 Å². The molecule has 1 aromatic heterocycles.